The molecule has 1 saturated carbocycles. The van der Waals surface area contributed by atoms with Crippen LogP contribution in [0.3, 0.4) is 0 Å². The van der Waals surface area contributed by atoms with E-state index in [2.05, 4.69) is 12.2 Å². The molecular formula is C10H18N2O2. The molecule has 2 rings (SSSR count). The Morgan fingerprint density at radius 3 is 2.36 bits per heavy atom. The van der Waals surface area contributed by atoms with E-state index >= 15 is 0 Å². The zero-order valence-electron chi connectivity index (χ0n) is 8.64. The second kappa shape index (κ2) is 3.21. The van der Waals surface area contributed by atoms with E-state index in [-0.39, 0.29) is 11.4 Å². The van der Waals surface area contributed by atoms with Crippen molar-refractivity contribution in [3.05, 3.63) is 0 Å². The Hall–Kier alpha value is -0.610. The number of nitrogens with two attached hydrogens (primary N) is 1. The van der Waals surface area contributed by atoms with E-state index in [9.17, 15) is 4.79 Å². The Morgan fingerprint density at radius 1 is 1.29 bits per heavy atom. The standard InChI is InChI=1S/C10H18N2O2/c1-9(4-6-14-7-5-9)12-8(13)10(11)2-3-10/h2-7,11H2,1H3,(H,12,13). The third-order valence-electron chi connectivity index (χ3n) is 3.25. The fourth-order valence-corrected chi connectivity index (χ4v) is 1.71. The zero-order chi connectivity index (χ0) is 10.2. The molecule has 4 heteroatoms. The molecule has 1 aliphatic carbocycles. The van der Waals surface area contributed by atoms with Crippen molar-refractivity contribution < 1.29 is 9.53 Å². The quantitative estimate of drug-likeness (QED) is 0.664. The summed E-state index contributed by atoms with van der Waals surface area (Å²) in [5.41, 5.74) is 5.16. The van der Waals surface area contributed by atoms with Gasteiger partial charge < -0.3 is 15.8 Å². The number of carbonyl (C=O) groups excluding carboxylic acids is 1. The van der Waals surface area contributed by atoms with Crippen molar-refractivity contribution >= 4 is 5.91 Å². The third kappa shape index (κ3) is 1.91. The molecule has 0 atom stereocenters. The fraction of sp³-hybridized carbons (Fsp3) is 0.900. The Balaban J connectivity index is 1.91. The molecule has 2 fully saturated rings. The maximum absolute atomic E-state index is 11.7. The van der Waals surface area contributed by atoms with Gasteiger partial charge in [-0.1, -0.05) is 0 Å². The van der Waals surface area contributed by atoms with Crippen molar-refractivity contribution in [2.45, 2.75) is 43.7 Å². The monoisotopic (exact) mass is 198 g/mol. The Bertz CT molecular complexity index is 243. The summed E-state index contributed by atoms with van der Waals surface area (Å²) in [6.07, 6.45) is 3.42. The van der Waals surface area contributed by atoms with Crippen LogP contribution in [0, 0.1) is 0 Å². The molecule has 1 aliphatic heterocycles. The average molecular weight is 198 g/mol. The van der Waals surface area contributed by atoms with Crippen molar-refractivity contribution in [2.24, 2.45) is 5.73 Å². The molecule has 1 saturated heterocycles. The highest BCUT2D eigenvalue weighted by molar-refractivity contribution is 5.89. The number of carbonyl (C=O) groups is 1. The largest absolute Gasteiger partial charge is 0.381 e. The van der Waals surface area contributed by atoms with Crippen LogP contribution in [0.1, 0.15) is 32.6 Å². The molecule has 14 heavy (non-hydrogen) atoms. The lowest BCUT2D eigenvalue weighted by Gasteiger charge is -2.35. The van der Waals surface area contributed by atoms with E-state index in [4.69, 9.17) is 10.5 Å². The smallest absolute Gasteiger partial charge is 0.240 e. The van der Waals surface area contributed by atoms with Gasteiger partial charge in [-0.3, -0.25) is 4.79 Å². The van der Waals surface area contributed by atoms with Gasteiger partial charge in [0.05, 0.1) is 5.54 Å². The van der Waals surface area contributed by atoms with Crippen LogP contribution < -0.4 is 11.1 Å². The Kier molecular flexibility index (Phi) is 2.27. The van der Waals surface area contributed by atoms with Gasteiger partial charge in [-0.15, -0.1) is 0 Å². The first-order chi connectivity index (χ1) is 6.54. The Labute approximate surface area is 84.2 Å². The van der Waals surface area contributed by atoms with Crippen LogP contribution in [0.15, 0.2) is 0 Å². The van der Waals surface area contributed by atoms with Crippen molar-refractivity contribution in [1.82, 2.24) is 5.32 Å². The molecule has 2 aliphatic rings. The van der Waals surface area contributed by atoms with Gasteiger partial charge in [0, 0.05) is 18.8 Å². The van der Waals surface area contributed by atoms with Crippen LogP contribution >= 0.6 is 0 Å². The first-order valence-electron chi connectivity index (χ1n) is 5.23. The summed E-state index contributed by atoms with van der Waals surface area (Å²) in [5, 5.41) is 3.05. The number of hydrogen-bond acceptors (Lipinski definition) is 3. The minimum atomic E-state index is -0.554. The second-order valence-electron chi connectivity index (χ2n) is 4.78. The molecule has 0 unspecified atom stereocenters. The molecule has 0 spiro atoms. The highest BCUT2D eigenvalue weighted by atomic mass is 16.5. The molecule has 1 heterocycles. The van der Waals surface area contributed by atoms with Gasteiger partial charge in [-0.25, -0.2) is 0 Å². The van der Waals surface area contributed by atoms with E-state index in [0.29, 0.717) is 0 Å². The number of amides is 1. The van der Waals surface area contributed by atoms with Crippen LogP contribution in [0.2, 0.25) is 0 Å². The predicted molar refractivity (Wildman–Crippen MR) is 52.8 cm³/mol. The molecule has 0 aromatic heterocycles. The van der Waals surface area contributed by atoms with E-state index < -0.39 is 5.54 Å². The van der Waals surface area contributed by atoms with Crippen molar-refractivity contribution in [3.63, 3.8) is 0 Å². The van der Waals surface area contributed by atoms with Crippen molar-refractivity contribution in [1.29, 1.82) is 0 Å². The van der Waals surface area contributed by atoms with Crippen LogP contribution in [-0.2, 0) is 9.53 Å². The summed E-state index contributed by atoms with van der Waals surface area (Å²) in [4.78, 5) is 11.7. The molecule has 3 N–H and O–H groups in total. The van der Waals surface area contributed by atoms with Gasteiger partial charge in [0.15, 0.2) is 0 Å². The molecule has 80 valence electrons. The van der Waals surface area contributed by atoms with Crippen LogP contribution in [0.4, 0.5) is 0 Å². The number of ether oxygens (including phenoxy) is 1. The van der Waals surface area contributed by atoms with Crippen molar-refractivity contribution in [3.8, 4) is 0 Å². The first kappa shape index (κ1) is 9.93. The van der Waals surface area contributed by atoms with Crippen LogP contribution in [0.25, 0.3) is 0 Å². The molecule has 0 bridgehead atoms. The third-order valence-corrected chi connectivity index (χ3v) is 3.25. The van der Waals surface area contributed by atoms with Crippen LogP contribution in [-0.4, -0.2) is 30.2 Å². The van der Waals surface area contributed by atoms with Gasteiger partial charge in [-0.05, 0) is 32.6 Å². The lowest BCUT2D eigenvalue weighted by molar-refractivity contribution is -0.126. The lowest BCUT2D eigenvalue weighted by Crippen LogP contribution is -2.55. The second-order valence-corrected chi connectivity index (χ2v) is 4.78. The normalized spacial score (nSPS) is 28.1. The number of nitrogens with one attached hydrogen (secondary N) is 1. The van der Waals surface area contributed by atoms with E-state index in [1.807, 2.05) is 0 Å². The average Bonchev–Trinajstić information content (AvgIpc) is 2.85. The first-order valence-corrected chi connectivity index (χ1v) is 5.23. The van der Waals surface area contributed by atoms with Gasteiger partial charge in [0.2, 0.25) is 5.91 Å². The van der Waals surface area contributed by atoms with Crippen molar-refractivity contribution in [2.75, 3.05) is 13.2 Å². The summed E-state index contributed by atoms with van der Waals surface area (Å²) >= 11 is 0. The predicted octanol–water partition coefficient (Wildman–Crippen LogP) is 0.163. The summed E-state index contributed by atoms with van der Waals surface area (Å²) < 4.78 is 5.27. The maximum Gasteiger partial charge on any atom is 0.240 e. The summed E-state index contributed by atoms with van der Waals surface area (Å²) in [5.74, 6) is 0.0156. The fourth-order valence-electron chi connectivity index (χ4n) is 1.71. The van der Waals surface area contributed by atoms with Gasteiger partial charge >= 0.3 is 0 Å². The summed E-state index contributed by atoms with van der Waals surface area (Å²) in [6, 6.07) is 0. The van der Waals surface area contributed by atoms with E-state index in [1.165, 1.54) is 0 Å². The molecule has 0 aromatic rings. The topological polar surface area (TPSA) is 64.4 Å². The van der Waals surface area contributed by atoms with E-state index in [1.54, 1.807) is 0 Å². The number of rotatable bonds is 2. The van der Waals surface area contributed by atoms with Crippen LogP contribution in [0.5, 0.6) is 0 Å². The minimum Gasteiger partial charge on any atom is -0.381 e. The molecule has 1 amide bonds. The molecular weight excluding hydrogens is 180 g/mol. The van der Waals surface area contributed by atoms with Gasteiger partial charge in [0.1, 0.15) is 0 Å². The molecule has 0 aromatic carbocycles. The zero-order valence-corrected chi connectivity index (χ0v) is 8.64. The van der Waals surface area contributed by atoms with Gasteiger partial charge in [-0.2, -0.15) is 0 Å². The van der Waals surface area contributed by atoms with E-state index in [0.717, 1.165) is 38.9 Å². The molecule has 4 nitrogen and oxygen atoms in total. The summed E-state index contributed by atoms with van der Waals surface area (Å²) in [7, 11) is 0. The highest BCUT2D eigenvalue weighted by Crippen LogP contribution is 2.33. The minimum absolute atomic E-state index is 0.0156. The Morgan fingerprint density at radius 2 is 1.86 bits per heavy atom. The number of hydrogen-bond donors (Lipinski definition) is 2. The highest BCUT2D eigenvalue weighted by Gasteiger charge is 2.47. The summed E-state index contributed by atoms with van der Waals surface area (Å²) in [6.45, 7) is 3.53. The molecule has 0 radical (unpaired) electrons. The van der Waals surface area contributed by atoms with Gasteiger partial charge in [0.25, 0.3) is 0 Å². The lowest BCUT2D eigenvalue weighted by atomic mass is 9.92. The SMILES string of the molecule is CC1(NC(=O)C2(N)CC2)CCOCC1. The maximum atomic E-state index is 11.7.